The molecule has 0 aliphatic rings. The van der Waals surface area contributed by atoms with E-state index in [1.807, 2.05) is 30.3 Å². The predicted octanol–water partition coefficient (Wildman–Crippen LogP) is 4.04. The number of amides is 2. The molecule has 3 aromatic rings. The van der Waals surface area contributed by atoms with E-state index < -0.39 is 16.7 Å². The van der Waals surface area contributed by atoms with Gasteiger partial charge in [-0.15, -0.1) is 0 Å². The zero-order valence-corrected chi connectivity index (χ0v) is 17.1. The van der Waals surface area contributed by atoms with Crippen molar-refractivity contribution in [3.05, 3.63) is 104 Å². The molecule has 0 aliphatic heterocycles. The Hall–Kier alpha value is -3.72. The third kappa shape index (κ3) is 5.65. The number of non-ortho nitro benzene ring substituents is 1. The van der Waals surface area contributed by atoms with Crippen LogP contribution in [0.4, 0.5) is 5.69 Å². The van der Waals surface area contributed by atoms with Gasteiger partial charge in [0.25, 0.3) is 17.5 Å². The second-order valence-electron chi connectivity index (χ2n) is 6.13. The molecule has 152 valence electrons. The molecule has 0 radical (unpaired) electrons. The van der Waals surface area contributed by atoms with E-state index in [2.05, 4.69) is 26.6 Å². The van der Waals surface area contributed by atoms with E-state index in [1.165, 1.54) is 36.4 Å². The molecule has 0 saturated carbocycles. The van der Waals surface area contributed by atoms with Crippen molar-refractivity contribution in [1.82, 2.24) is 10.6 Å². The molecule has 0 aliphatic carbocycles. The Morgan fingerprint density at radius 2 is 1.73 bits per heavy atom. The lowest BCUT2D eigenvalue weighted by atomic mass is 10.1. The number of nitro groups is 1. The molecule has 9 heteroatoms. The van der Waals surface area contributed by atoms with Gasteiger partial charge in [0.2, 0.25) is 0 Å². The van der Waals surface area contributed by atoms with E-state index >= 15 is 0 Å². The quantitative estimate of drug-likeness (QED) is 0.307. The van der Waals surface area contributed by atoms with Crippen molar-refractivity contribution in [2.45, 2.75) is 6.54 Å². The molecule has 1 heterocycles. The van der Waals surface area contributed by atoms with Crippen LogP contribution in [0.1, 0.15) is 21.7 Å². The average Bonchev–Trinajstić information content (AvgIpc) is 3.19. The van der Waals surface area contributed by atoms with Crippen LogP contribution in [0.2, 0.25) is 0 Å². The number of nitrogens with zero attached hydrogens (tertiary/aromatic N) is 1. The summed E-state index contributed by atoms with van der Waals surface area (Å²) in [5, 5.41) is 16.1. The Morgan fingerprint density at radius 1 is 1.03 bits per heavy atom. The fraction of sp³-hybridized carbons (Fsp3) is 0.0476. The fourth-order valence-corrected chi connectivity index (χ4v) is 2.82. The van der Waals surface area contributed by atoms with E-state index in [0.717, 1.165) is 5.56 Å². The second-order valence-corrected chi connectivity index (χ2v) is 6.91. The van der Waals surface area contributed by atoms with E-state index in [9.17, 15) is 19.7 Å². The SMILES string of the molecule is O=C(NCc1ccccc1)/C(=C/c1ccc([N+](=O)[O-])cc1)NC(=O)c1ccc(Br)o1. The van der Waals surface area contributed by atoms with Gasteiger partial charge in [-0.1, -0.05) is 30.3 Å². The molecule has 2 aromatic carbocycles. The first-order valence-corrected chi connectivity index (χ1v) is 9.56. The van der Waals surface area contributed by atoms with Crippen LogP contribution in [0, 0.1) is 10.1 Å². The molecule has 0 bridgehead atoms. The highest BCUT2D eigenvalue weighted by Crippen LogP contribution is 2.16. The van der Waals surface area contributed by atoms with Crippen molar-refractivity contribution in [2.24, 2.45) is 0 Å². The van der Waals surface area contributed by atoms with Gasteiger partial charge in [0.15, 0.2) is 10.4 Å². The van der Waals surface area contributed by atoms with Crippen LogP contribution in [-0.2, 0) is 11.3 Å². The normalized spacial score (nSPS) is 11.0. The third-order valence-electron chi connectivity index (χ3n) is 4.00. The summed E-state index contributed by atoms with van der Waals surface area (Å²) in [7, 11) is 0. The molecule has 0 unspecified atom stereocenters. The van der Waals surface area contributed by atoms with Crippen molar-refractivity contribution in [1.29, 1.82) is 0 Å². The van der Waals surface area contributed by atoms with Gasteiger partial charge in [0.05, 0.1) is 4.92 Å². The minimum absolute atomic E-state index is 0.0207. The van der Waals surface area contributed by atoms with Gasteiger partial charge in [0.1, 0.15) is 5.70 Å². The number of nitro benzene ring substituents is 1. The van der Waals surface area contributed by atoms with Gasteiger partial charge in [-0.2, -0.15) is 0 Å². The van der Waals surface area contributed by atoms with E-state index in [-0.39, 0.29) is 23.7 Å². The molecule has 2 amide bonds. The van der Waals surface area contributed by atoms with Crippen molar-refractivity contribution >= 4 is 39.5 Å². The highest BCUT2D eigenvalue weighted by Gasteiger charge is 2.17. The predicted molar refractivity (Wildman–Crippen MR) is 113 cm³/mol. The van der Waals surface area contributed by atoms with Gasteiger partial charge in [-0.3, -0.25) is 19.7 Å². The molecule has 8 nitrogen and oxygen atoms in total. The summed E-state index contributed by atoms with van der Waals surface area (Å²) in [5.74, 6) is -1.10. The van der Waals surface area contributed by atoms with Crippen molar-refractivity contribution in [3.8, 4) is 0 Å². The minimum atomic E-state index is -0.608. The minimum Gasteiger partial charge on any atom is -0.444 e. The molecule has 3 rings (SSSR count). The molecule has 0 saturated heterocycles. The van der Waals surface area contributed by atoms with Crippen LogP contribution in [0.25, 0.3) is 6.08 Å². The van der Waals surface area contributed by atoms with Gasteiger partial charge in [0, 0.05) is 18.7 Å². The lowest BCUT2D eigenvalue weighted by Crippen LogP contribution is -2.34. The summed E-state index contributed by atoms with van der Waals surface area (Å²) >= 11 is 3.12. The van der Waals surface area contributed by atoms with Crippen LogP contribution in [0.3, 0.4) is 0 Å². The number of furan rings is 1. The third-order valence-corrected chi connectivity index (χ3v) is 4.43. The summed E-state index contributed by atoms with van der Waals surface area (Å²) in [4.78, 5) is 35.5. The number of rotatable bonds is 7. The van der Waals surface area contributed by atoms with Crippen molar-refractivity contribution < 1.29 is 18.9 Å². The Labute approximate surface area is 179 Å². The summed E-state index contributed by atoms with van der Waals surface area (Å²) in [6.07, 6.45) is 1.43. The molecular weight excluding hydrogens is 454 g/mol. The Kier molecular flexibility index (Phi) is 6.76. The van der Waals surface area contributed by atoms with Crippen molar-refractivity contribution in [3.63, 3.8) is 0 Å². The largest absolute Gasteiger partial charge is 0.444 e. The maximum atomic E-state index is 12.7. The first kappa shape index (κ1) is 21.0. The lowest BCUT2D eigenvalue weighted by Gasteiger charge is -2.10. The van der Waals surface area contributed by atoms with Gasteiger partial charge in [-0.05, 0) is 57.4 Å². The summed E-state index contributed by atoms with van der Waals surface area (Å²) in [5.41, 5.74) is 1.29. The average molecular weight is 470 g/mol. The molecule has 2 N–H and O–H groups in total. The Balaban J connectivity index is 1.82. The standard InChI is InChI=1S/C21H16BrN3O5/c22-19-11-10-18(30-19)21(27)24-17(12-14-6-8-16(9-7-14)25(28)29)20(26)23-13-15-4-2-1-3-5-15/h1-12H,13H2,(H,23,26)(H,24,27)/b17-12-. The maximum Gasteiger partial charge on any atom is 0.291 e. The summed E-state index contributed by atoms with van der Waals surface area (Å²) < 4.78 is 5.60. The summed E-state index contributed by atoms with van der Waals surface area (Å²) in [6.45, 7) is 0.263. The topological polar surface area (TPSA) is 114 Å². The number of nitrogens with one attached hydrogen (secondary N) is 2. The first-order valence-electron chi connectivity index (χ1n) is 8.77. The maximum absolute atomic E-state index is 12.7. The number of halogens is 1. The zero-order valence-electron chi connectivity index (χ0n) is 15.5. The number of hydrogen-bond acceptors (Lipinski definition) is 5. The smallest absolute Gasteiger partial charge is 0.291 e. The zero-order chi connectivity index (χ0) is 21.5. The Bertz CT molecular complexity index is 1090. The molecule has 0 atom stereocenters. The van der Waals surface area contributed by atoms with Gasteiger partial charge < -0.3 is 15.1 Å². The number of hydrogen-bond donors (Lipinski definition) is 2. The lowest BCUT2D eigenvalue weighted by molar-refractivity contribution is -0.384. The fourth-order valence-electron chi connectivity index (χ4n) is 2.51. The molecule has 1 aromatic heterocycles. The highest BCUT2D eigenvalue weighted by molar-refractivity contribution is 9.10. The molecule has 0 spiro atoms. The van der Waals surface area contributed by atoms with E-state index in [4.69, 9.17) is 4.42 Å². The Morgan fingerprint density at radius 3 is 2.33 bits per heavy atom. The second kappa shape index (κ2) is 9.66. The van der Waals surface area contributed by atoms with Crippen LogP contribution in [0.5, 0.6) is 0 Å². The van der Waals surface area contributed by atoms with Crippen molar-refractivity contribution in [2.75, 3.05) is 0 Å². The van der Waals surface area contributed by atoms with Gasteiger partial charge >= 0.3 is 0 Å². The van der Waals surface area contributed by atoms with Gasteiger partial charge in [-0.25, -0.2) is 0 Å². The van der Waals surface area contributed by atoms with E-state index in [0.29, 0.717) is 10.2 Å². The van der Waals surface area contributed by atoms with Crippen LogP contribution in [0.15, 0.2) is 81.5 Å². The van der Waals surface area contributed by atoms with Crippen LogP contribution in [-0.4, -0.2) is 16.7 Å². The van der Waals surface area contributed by atoms with Crippen LogP contribution >= 0.6 is 15.9 Å². The monoisotopic (exact) mass is 469 g/mol. The van der Waals surface area contributed by atoms with E-state index in [1.54, 1.807) is 6.07 Å². The summed E-state index contributed by atoms with van der Waals surface area (Å²) in [6, 6.07) is 17.9. The highest BCUT2D eigenvalue weighted by atomic mass is 79.9. The number of carbonyl (C=O) groups excluding carboxylic acids is 2. The first-order chi connectivity index (χ1) is 14.4. The molecule has 30 heavy (non-hydrogen) atoms. The molecule has 0 fully saturated rings. The van der Waals surface area contributed by atoms with Crippen LogP contribution < -0.4 is 10.6 Å². The molecular formula is C21H16BrN3O5. The number of carbonyl (C=O) groups is 2. The number of benzene rings is 2.